The summed E-state index contributed by atoms with van der Waals surface area (Å²) in [6.07, 6.45) is 0.552. The number of carbonyl (C=O) groups is 2. The number of urea groups is 1. The van der Waals surface area contributed by atoms with Gasteiger partial charge in [0.05, 0.1) is 0 Å². The number of carbonyl (C=O) groups excluding carboxylic acids is 2. The van der Waals surface area contributed by atoms with E-state index in [1.54, 1.807) is 36.2 Å². The largest absolute Gasteiger partial charge is 0.444 e. The third-order valence-corrected chi connectivity index (χ3v) is 4.61. The first-order valence-electron chi connectivity index (χ1n) is 8.78. The number of nitrogens with zero attached hydrogens (tertiary/aromatic N) is 2. The minimum absolute atomic E-state index is 0.0502. The molecule has 3 amide bonds. The van der Waals surface area contributed by atoms with E-state index in [4.69, 9.17) is 16.3 Å². The Bertz CT molecular complexity index is 789. The zero-order valence-electron chi connectivity index (χ0n) is 15.2. The standard InChI is InChI=1S/C20H22ClN3O3/c1-23(20(26)24-11-2-12-24)13-15-5-9-18(10-6-15)22-19(25)27-14-16-3-7-17(21)8-4-16/h3-10H,2,11-14H2,1H3,(H,22,25). The Kier molecular flexibility index (Phi) is 6.19. The van der Waals surface area contributed by atoms with Gasteiger partial charge >= 0.3 is 12.1 Å². The quantitative estimate of drug-likeness (QED) is 0.829. The minimum Gasteiger partial charge on any atom is -0.444 e. The third kappa shape index (κ3) is 5.37. The summed E-state index contributed by atoms with van der Waals surface area (Å²) in [7, 11) is 1.79. The molecule has 1 heterocycles. The number of halogens is 1. The topological polar surface area (TPSA) is 61.9 Å². The first kappa shape index (κ1) is 19.0. The van der Waals surface area contributed by atoms with Crippen molar-refractivity contribution in [3.63, 3.8) is 0 Å². The van der Waals surface area contributed by atoms with Crippen molar-refractivity contribution in [2.75, 3.05) is 25.5 Å². The summed E-state index contributed by atoms with van der Waals surface area (Å²) in [4.78, 5) is 27.5. The van der Waals surface area contributed by atoms with Gasteiger partial charge in [0.25, 0.3) is 0 Å². The zero-order valence-corrected chi connectivity index (χ0v) is 15.9. The number of benzene rings is 2. The number of hydrogen-bond acceptors (Lipinski definition) is 3. The molecule has 3 rings (SSSR count). The van der Waals surface area contributed by atoms with Gasteiger partial charge in [-0.05, 0) is 41.8 Å². The lowest BCUT2D eigenvalue weighted by Gasteiger charge is -2.34. The smallest absolute Gasteiger partial charge is 0.411 e. The van der Waals surface area contributed by atoms with Crippen molar-refractivity contribution in [3.05, 3.63) is 64.7 Å². The normalized spacial score (nSPS) is 12.9. The van der Waals surface area contributed by atoms with Crippen LogP contribution in [0.5, 0.6) is 0 Å². The molecule has 0 radical (unpaired) electrons. The van der Waals surface area contributed by atoms with Crippen molar-refractivity contribution < 1.29 is 14.3 Å². The van der Waals surface area contributed by atoms with Gasteiger partial charge < -0.3 is 14.5 Å². The third-order valence-electron chi connectivity index (χ3n) is 4.36. The lowest BCUT2D eigenvalue weighted by Crippen LogP contribution is -2.48. The van der Waals surface area contributed by atoms with Gasteiger partial charge in [-0.25, -0.2) is 9.59 Å². The molecule has 1 saturated heterocycles. The number of hydrogen-bond donors (Lipinski definition) is 1. The number of likely N-dealkylation sites (tertiary alicyclic amines) is 1. The SMILES string of the molecule is CN(Cc1ccc(NC(=O)OCc2ccc(Cl)cc2)cc1)C(=O)N1CCC1. The molecule has 2 aromatic carbocycles. The lowest BCUT2D eigenvalue weighted by molar-refractivity contribution is 0.133. The average Bonchev–Trinajstić information content (AvgIpc) is 2.61. The minimum atomic E-state index is -0.525. The number of ether oxygens (including phenoxy) is 1. The molecule has 1 N–H and O–H groups in total. The van der Waals surface area contributed by atoms with Crippen LogP contribution in [0.2, 0.25) is 5.02 Å². The second kappa shape index (κ2) is 8.77. The summed E-state index contributed by atoms with van der Waals surface area (Å²) in [5.41, 5.74) is 2.49. The van der Waals surface area contributed by atoms with Crippen LogP contribution in [0.3, 0.4) is 0 Å². The summed E-state index contributed by atoms with van der Waals surface area (Å²) in [5, 5.41) is 3.33. The van der Waals surface area contributed by atoms with E-state index in [-0.39, 0.29) is 12.6 Å². The maximum Gasteiger partial charge on any atom is 0.411 e. The van der Waals surface area contributed by atoms with E-state index >= 15 is 0 Å². The number of anilines is 1. The van der Waals surface area contributed by atoms with Gasteiger partial charge in [-0.2, -0.15) is 0 Å². The van der Waals surface area contributed by atoms with E-state index in [1.165, 1.54) is 0 Å². The van der Waals surface area contributed by atoms with Crippen LogP contribution in [-0.2, 0) is 17.9 Å². The fraction of sp³-hybridized carbons (Fsp3) is 0.300. The van der Waals surface area contributed by atoms with Crippen molar-refractivity contribution in [2.24, 2.45) is 0 Å². The van der Waals surface area contributed by atoms with Crippen LogP contribution in [0.4, 0.5) is 15.3 Å². The first-order valence-corrected chi connectivity index (χ1v) is 9.16. The molecule has 0 aliphatic carbocycles. The molecule has 1 fully saturated rings. The molecule has 0 spiro atoms. The monoisotopic (exact) mass is 387 g/mol. The number of rotatable bonds is 5. The summed E-state index contributed by atoms with van der Waals surface area (Å²) >= 11 is 5.82. The van der Waals surface area contributed by atoms with E-state index < -0.39 is 6.09 Å². The van der Waals surface area contributed by atoms with E-state index in [9.17, 15) is 9.59 Å². The Labute approximate surface area is 163 Å². The van der Waals surface area contributed by atoms with E-state index in [2.05, 4.69) is 5.32 Å². The molecule has 0 atom stereocenters. The predicted octanol–water partition coefficient (Wildman–Crippen LogP) is 4.35. The van der Waals surface area contributed by atoms with Crippen LogP contribution in [-0.4, -0.2) is 42.1 Å². The van der Waals surface area contributed by atoms with Crippen LogP contribution in [0.15, 0.2) is 48.5 Å². The molecule has 0 aromatic heterocycles. The van der Waals surface area contributed by atoms with Crippen LogP contribution < -0.4 is 5.32 Å². The Morgan fingerprint density at radius 3 is 2.30 bits per heavy atom. The van der Waals surface area contributed by atoms with Gasteiger partial charge in [-0.1, -0.05) is 35.9 Å². The van der Waals surface area contributed by atoms with E-state index in [1.807, 2.05) is 29.2 Å². The van der Waals surface area contributed by atoms with Gasteiger partial charge in [0.2, 0.25) is 0 Å². The van der Waals surface area contributed by atoms with Crippen LogP contribution >= 0.6 is 11.6 Å². The van der Waals surface area contributed by atoms with Crippen molar-refractivity contribution in [1.82, 2.24) is 9.80 Å². The van der Waals surface area contributed by atoms with Crippen molar-refractivity contribution in [2.45, 2.75) is 19.6 Å². The molecule has 0 unspecified atom stereocenters. The van der Waals surface area contributed by atoms with Gasteiger partial charge in [0.1, 0.15) is 6.61 Å². The zero-order chi connectivity index (χ0) is 19.2. The molecule has 6 nitrogen and oxygen atoms in total. The second-order valence-electron chi connectivity index (χ2n) is 6.50. The van der Waals surface area contributed by atoms with E-state index in [0.29, 0.717) is 17.3 Å². The predicted molar refractivity (Wildman–Crippen MR) is 105 cm³/mol. The summed E-state index contributed by atoms with van der Waals surface area (Å²) in [6.45, 7) is 2.37. The van der Waals surface area contributed by atoms with Gasteiger partial charge in [-0.15, -0.1) is 0 Å². The Morgan fingerprint density at radius 2 is 1.70 bits per heavy atom. The molecule has 142 valence electrons. The Balaban J connectivity index is 1.45. The van der Waals surface area contributed by atoms with Gasteiger partial charge in [-0.3, -0.25) is 5.32 Å². The fourth-order valence-corrected chi connectivity index (χ4v) is 2.79. The first-order chi connectivity index (χ1) is 13.0. The summed E-state index contributed by atoms with van der Waals surface area (Å²) in [6, 6.07) is 14.5. The number of amides is 3. The highest BCUT2D eigenvalue weighted by molar-refractivity contribution is 6.30. The molecule has 0 bridgehead atoms. The average molecular weight is 388 g/mol. The molecule has 7 heteroatoms. The lowest BCUT2D eigenvalue weighted by atomic mass is 10.2. The van der Waals surface area contributed by atoms with Gasteiger partial charge in [0, 0.05) is 37.4 Å². The maximum absolute atomic E-state index is 12.1. The molecule has 2 aromatic rings. The molecule has 1 aliphatic heterocycles. The Morgan fingerprint density at radius 1 is 1.07 bits per heavy atom. The van der Waals surface area contributed by atoms with Crippen LogP contribution in [0, 0.1) is 0 Å². The molecule has 27 heavy (non-hydrogen) atoms. The van der Waals surface area contributed by atoms with Crippen molar-refractivity contribution in [1.29, 1.82) is 0 Å². The number of nitrogens with one attached hydrogen (secondary N) is 1. The molecule has 1 aliphatic rings. The molecular weight excluding hydrogens is 366 g/mol. The second-order valence-corrected chi connectivity index (χ2v) is 6.94. The van der Waals surface area contributed by atoms with E-state index in [0.717, 1.165) is 30.6 Å². The summed E-state index contributed by atoms with van der Waals surface area (Å²) < 4.78 is 5.19. The van der Waals surface area contributed by atoms with Crippen LogP contribution in [0.25, 0.3) is 0 Å². The highest BCUT2D eigenvalue weighted by atomic mass is 35.5. The van der Waals surface area contributed by atoms with Gasteiger partial charge in [0.15, 0.2) is 0 Å². The summed E-state index contributed by atoms with van der Waals surface area (Å²) in [5.74, 6) is 0. The molecular formula is C20H22ClN3O3. The Hall–Kier alpha value is -2.73. The maximum atomic E-state index is 12.1. The highest BCUT2D eigenvalue weighted by Gasteiger charge is 2.23. The molecule has 0 saturated carbocycles. The van der Waals surface area contributed by atoms with Crippen molar-refractivity contribution >= 4 is 29.4 Å². The van der Waals surface area contributed by atoms with Crippen LogP contribution in [0.1, 0.15) is 17.5 Å². The highest BCUT2D eigenvalue weighted by Crippen LogP contribution is 2.15. The van der Waals surface area contributed by atoms with Crippen molar-refractivity contribution in [3.8, 4) is 0 Å². The fourth-order valence-electron chi connectivity index (χ4n) is 2.67.